The Labute approximate surface area is 130 Å². The SMILES string of the molecule is Cc1ccc(S(=O)(=O)n2cc(Br)cc2C=C[N+](=O)[O-])cc1. The zero-order chi connectivity index (χ0) is 15.6. The first-order chi connectivity index (χ1) is 9.80. The van der Waals surface area contributed by atoms with E-state index in [2.05, 4.69) is 15.9 Å². The largest absolute Gasteiger partial charge is 0.268 e. The summed E-state index contributed by atoms with van der Waals surface area (Å²) in [6, 6.07) is 7.88. The molecular formula is C13H11BrN2O4S. The van der Waals surface area contributed by atoms with Crippen molar-refractivity contribution < 1.29 is 13.3 Å². The molecule has 0 amide bonds. The lowest BCUT2D eigenvalue weighted by molar-refractivity contribution is -0.401. The Kier molecular flexibility index (Phi) is 4.29. The molecule has 21 heavy (non-hydrogen) atoms. The lowest BCUT2D eigenvalue weighted by Gasteiger charge is -2.08. The minimum atomic E-state index is -3.80. The van der Waals surface area contributed by atoms with Gasteiger partial charge in [-0.3, -0.25) is 10.1 Å². The number of hydrogen-bond donors (Lipinski definition) is 0. The average Bonchev–Trinajstić information content (AvgIpc) is 2.79. The Balaban J connectivity index is 2.55. The van der Waals surface area contributed by atoms with Crippen LogP contribution in [-0.2, 0) is 10.0 Å². The third-order valence-electron chi connectivity index (χ3n) is 2.73. The van der Waals surface area contributed by atoms with Gasteiger partial charge in [0.2, 0.25) is 6.20 Å². The predicted octanol–water partition coefficient (Wildman–Crippen LogP) is 3.04. The van der Waals surface area contributed by atoms with Crippen molar-refractivity contribution in [2.75, 3.05) is 0 Å². The van der Waals surface area contributed by atoms with Crippen LogP contribution < -0.4 is 0 Å². The fraction of sp³-hybridized carbons (Fsp3) is 0.0769. The van der Waals surface area contributed by atoms with Crippen molar-refractivity contribution in [2.45, 2.75) is 11.8 Å². The van der Waals surface area contributed by atoms with Crippen LogP contribution in [0.3, 0.4) is 0 Å². The molecule has 0 atom stereocenters. The molecule has 0 spiro atoms. The molecule has 0 aliphatic rings. The molecular weight excluding hydrogens is 360 g/mol. The van der Waals surface area contributed by atoms with Crippen LogP contribution in [-0.4, -0.2) is 17.3 Å². The molecule has 0 saturated carbocycles. The first-order valence-corrected chi connectivity index (χ1v) is 8.06. The molecule has 0 N–H and O–H groups in total. The second-order valence-electron chi connectivity index (χ2n) is 4.30. The summed E-state index contributed by atoms with van der Waals surface area (Å²) in [4.78, 5) is 9.86. The van der Waals surface area contributed by atoms with E-state index >= 15 is 0 Å². The van der Waals surface area contributed by atoms with Gasteiger partial charge in [0.15, 0.2) is 0 Å². The Morgan fingerprint density at radius 2 is 1.90 bits per heavy atom. The quantitative estimate of drug-likeness (QED) is 0.611. The van der Waals surface area contributed by atoms with Crippen LogP contribution in [0.15, 0.2) is 52.1 Å². The molecule has 0 fully saturated rings. The van der Waals surface area contributed by atoms with Gasteiger partial charge in [0.1, 0.15) is 0 Å². The number of aromatic nitrogens is 1. The Morgan fingerprint density at radius 3 is 2.48 bits per heavy atom. The molecule has 0 unspecified atom stereocenters. The normalized spacial score (nSPS) is 11.9. The lowest BCUT2D eigenvalue weighted by atomic mass is 10.2. The smallest absolute Gasteiger partial charge is 0.259 e. The van der Waals surface area contributed by atoms with E-state index in [4.69, 9.17) is 0 Å². The van der Waals surface area contributed by atoms with Crippen molar-refractivity contribution >= 4 is 32.0 Å². The highest BCUT2D eigenvalue weighted by molar-refractivity contribution is 9.10. The highest BCUT2D eigenvalue weighted by atomic mass is 79.9. The minimum Gasteiger partial charge on any atom is -0.259 e. The summed E-state index contributed by atoms with van der Waals surface area (Å²) < 4.78 is 26.6. The molecule has 6 nitrogen and oxygen atoms in total. The van der Waals surface area contributed by atoms with E-state index < -0.39 is 14.9 Å². The molecule has 1 aromatic heterocycles. The Bertz CT molecular complexity index is 807. The van der Waals surface area contributed by atoms with Gasteiger partial charge in [0, 0.05) is 16.7 Å². The molecule has 2 rings (SSSR count). The number of halogens is 1. The van der Waals surface area contributed by atoms with Gasteiger partial charge in [-0.05, 0) is 41.1 Å². The van der Waals surface area contributed by atoms with Gasteiger partial charge in [-0.2, -0.15) is 0 Å². The topological polar surface area (TPSA) is 82.2 Å². The monoisotopic (exact) mass is 370 g/mol. The number of aryl methyl sites for hydroxylation is 1. The standard InChI is InChI=1S/C13H11BrN2O4S/c1-10-2-4-13(5-3-10)21(19,20)15-9-11(14)8-12(15)6-7-16(17)18/h2-9H,1H3. The third-order valence-corrected chi connectivity index (χ3v) is 4.86. The van der Waals surface area contributed by atoms with E-state index in [1.807, 2.05) is 6.92 Å². The van der Waals surface area contributed by atoms with Crippen molar-refractivity contribution in [3.05, 3.63) is 68.6 Å². The number of nitro groups is 1. The fourth-order valence-corrected chi connectivity index (χ4v) is 3.64. The molecule has 0 saturated heterocycles. The molecule has 1 aromatic carbocycles. The van der Waals surface area contributed by atoms with E-state index in [0.29, 0.717) is 10.7 Å². The first-order valence-electron chi connectivity index (χ1n) is 5.82. The highest BCUT2D eigenvalue weighted by Gasteiger charge is 2.19. The van der Waals surface area contributed by atoms with Crippen molar-refractivity contribution in [3.63, 3.8) is 0 Å². The van der Waals surface area contributed by atoms with Gasteiger partial charge in [-0.25, -0.2) is 12.4 Å². The van der Waals surface area contributed by atoms with Gasteiger partial charge in [-0.15, -0.1) is 0 Å². The second kappa shape index (κ2) is 5.82. The zero-order valence-corrected chi connectivity index (χ0v) is 13.3. The van der Waals surface area contributed by atoms with Crippen molar-refractivity contribution in [3.8, 4) is 0 Å². The summed E-state index contributed by atoms with van der Waals surface area (Å²) in [7, 11) is -3.80. The average molecular weight is 371 g/mol. The van der Waals surface area contributed by atoms with Crippen molar-refractivity contribution in [2.24, 2.45) is 0 Å². The zero-order valence-electron chi connectivity index (χ0n) is 10.9. The first kappa shape index (κ1) is 15.5. The predicted molar refractivity (Wildman–Crippen MR) is 81.9 cm³/mol. The second-order valence-corrected chi connectivity index (χ2v) is 7.03. The van der Waals surface area contributed by atoms with E-state index in [-0.39, 0.29) is 10.6 Å². The molecule has 0 aliphatic heterocycles. The van der Waals surface area contributed by atoms with Crippen molar-refractivity contribution in [1.29, 1.82) is 0 Å². The van der Waals surface area contributed by atoms with Crippen LogP contribution in [0.4, 0.5) is 0 Å². The van der Waals surface area contributed by atoms with Gasteiger partial charge in [-0.1, -0.05) is 17.7 Å². The molecule has 0 bridgehead atoms. The van der Waals surface area contributed by atoms with Gasteiger partial charge in [0.05, 0.1) is 15.5 Å². The van der Waals surface area contributed by atoms with Gasteiger partial charge in [0.25, 0.3) is 10.0 Å². The number of rotatable bonds is 4. The molecule has 8 heteroatoms. The molecule has 0 radical (unpaired) electrons. The summed E-state index contributed by atoms with van der Waals surface area (Å²) in [5.41, 5.74) is 1.13. The maximum absolute atomic E-state index is 12.6. The van der Waals surface area contributed by atoms with Crippen LogP contribution >= 0.6 is 15.9 Å². The maximum atomic E-state index is 12.6. The Hall–Kier alpha value is -1.93. The summed E-state index contributed by atoms with van der Waals surface area (Å²) in [6.07, 6.45) is 3.19. The van der Waals surface area contributed by atoms with Crippen molar-refractivity contribution in [1.82, 2.24) is 3.97 Å². The summed E-state index contributed by atoms with van der Waals surface area (Å²) in [5, 5.41) is 10.4. The highest BCUT2D eigenvalue weighted by Crippen LogP contribution is 2.23. The number of benzene rings is 1. The van der Waals surface area contributed by atoms with Crippen LogP contribution in [0.5, 0.6) is 0 Å². The lowest BCUT2D eigenvalue weighted by Crippen LogP contribution is -2.13. The molecule has 2 aromatic rings. The molecule has 1 heterocycles. The Morgan fingerprint density at radius 1 is 1.29 bits per heavy atom. The van der Waals surface area contributed by atoms with E-state index in [1.165, 1.54) is 24.4 Å². The van der Waals surface area contributed by atoms with Crippen LogP contribution in [0.1, 0.15) is 11.3 Å². The van der Waals surface area contributed by atoms with Gasteiger partial charge < -0.3 is 0 Å². The van der Waals surface area contributed by atoms with Gasteiger partial charge >= 0.3 is 0 Å². The summed E-state index contributed by atoms with van der Waals surface area (Å²) in [6.45, 7) is 1.86. The van der Waals surface area contributed by atoms with Crippen LogP contribution in [0.2, 0.25) is 0 Å². The molecule has 0 aliphatic carbocycles. The third kappa shape index (κ3) is 3.40. The summed E-state index contributed by atoms with van der Waals surface area (Å²) in [5.74, 6) is 0. The van der Waals surface area contributed by atoms with Crippen LogP contribution in [0.25, 0.3) is 6.08 Å². The fourth-order valence-electron chi connectivity index (χ4n) is 1.72. The number of nitrogens with zero attached hydrogens (tertiary/aromatic N) is 2. The van der Waals surface area contributed by atoms with E-state index in [1.54, 1.807) is 12.1 Å². The summed E-state index contributed by atoms with van der Waals surface area (Å²) >= 11 is 3.18. The van der Waals surface area contributed by atoms with E-state index in [0.717, 1.165) is 15.6 Å². The maximum Gasteiger partial charge on any atom is 0.268 e. The van der Waals surface area contributed by atoms with E-state index in [9.17, 15) is 18.5 Å². The molecule has 110 valence electrons. The van der Waals surface area contributed by atoms with Crippen LogP contribution in [0, 0.1) is 17.0 Å². The number of hydrogen-bond acceptors (Lipinski definition) is 4. The minimum absolute atomic E-state index is 0.118.